The fraction of sp³-hybridized carbons (Fsp3) is 0. The molecule has 0 aromatic rings. The highest BCUT2D eigenvalue weighted by Gasteiger charge is 2.16. The van der Waals surface area contributed by atoms with Crippen molar-refractivity contribution in [3.8, 4) is 0 Å². The van der Waals surface area contributed by atoms with Crippen LogP contribution in [0.15, 0.2) is 0 Å². The van der Waals surface area contributed by atoms with Crippen molar-refractivity contribution < 1.29 is 23.8 Å². The molecule has 0 rings (SSSR count). The third-order valence-corrected chi connectivity index (χ3v) is 0.872. The van der Waals surface area contributed by atoms with Crippen LogP contribution < -0.4 is 0 Å². The van der Waals surface area contributed by atoms with Gasteiger partial charge in [-0.3, -0.25) is 4.79 Å². The molecule has 5 nitrogen and oxygen atoms in total. The first-order valence-electron chi connectivity index (χ1n) is 1.47. The minimum atomic E-state index is -3.44. The SMILES string of the molecule is O=C(O)C(=O)P(=O)=O. The van der Waals surface area contributed by atoms with Crippen molar-refractivity contribution in [2.75, 3.05) is 0 Å². The van der Waals surface area contributed by atoms with Gasteiger partial charge in [0.25, 0.3) is 0 Å². The molecule has 0 aliphatic rings. The quantitative estimate of drug-likeness (QED) is 0.418. The summed E-state index contributed by atoms with van der Waals surface area (Å²) in [7, 11) is -3.44. The van der Waals surface area contributed by atoms with Crippen molar-refractivity contribution in [1.29, 1.82) is 0 Å². The standard InChI is InChI=1S/C2HO5P/c3-1(4)2(5)8(6)7/h(H,3,4). The van der Waals surface area contributed by atoms with Crippen molar-refractivity contribution in [2.24, 2.45) is 0 Å². The summed E-state index contributed by atoms with van der Waals surface area (Å²) < 4.78 is 18.9. The van der Waals surface area contributed by atoms with Gasteiger partial charge in [0.1, 0.15) is 0 Å². The van der Waals surface area contributed by atoms with Crippen LogP contribution in [0.3, 0.4) is 0 Å². The van der Waals surface area contributed by atoms with E-state index in [1.165, 1.54) is 0 Å². The average Bonchev–Trinajstić information content (AvgIpc) is 1.64. The van der Waals surface area contributed by atoms with Crippen LogP contribution in [0.5, 0.6) is 0 Å². The lowest BCUT2D eigenvalue weighted by Gasteiger charge is -1.72. The van der Waals surface area contributed by atoms with Crippen molar-refractivity contribution in [1.82, 2.24) is 0 Å². The maximum Gasteiger partial charge on any atom is 0.397 e. The molecule has 0 aromatic heterocycles. The lowest BCUT2D eigenvalue weighted by atomic mass is 10.8. The van der Waals surface area contributed by atoms with Gasteiger partial charge in [-0.05, 0) is 0 Å². The van der Waals surface area contributed by atoms with Gasteiger partial charge in [-0.25, -0.2) is 13.9 Å². The monoisotopic (exact) mass is 136 g/mol. The topological polar surface area (TPSA) is 88.5 Å². The average molecular weight is 136 g/mol. The molecular weight excluding hydrogens is 135 g/mol. The number of carboxylic acids is 1. The molecule has 6 heteroatoms. The van der Waals surface area contributed by atoms with Gasteiger partial charge in [0.2, 0.25) is 0 Å². The molecule has 0 aliphatic heterocycles. The van der Waals surface area contributed by atoms with E-state index in [0.717, 1.165) is 0 Å². The Balaban J connectivity index is 4.28. The predicted octanol–water partition coefficient (Wildman–Crippen LogP) is -0.230. The molecule has 0 aliphatic carbocycles. The highest BCUT2D eigenvalue weighted by Crippen LogP contribution is 2.02. The molecule has 0 saturated carbocycles. The molecule has 0 atom stereocenters. The van der Waals surface area contributed by atoms with E-state index in [1.54, 1.807) is 0 Å². The van der Waals surface area contributed by atoms with E-state index in [4.69, 9.17) is 5.11 Å². The molecule has 0 saturated heterocycles. The molecule has 0 unspecified atom stereocenters. The van der Waals surface area contributed by atoms with Gasteiger partial charge in [0.05, 0.1) is 0 Å². The van der Waals surface area contributed by atoms with E-state index in [0.29, 0.717) is 0 Å². The van der Waals surface area contributed by atoms with Crippen LogP contribution in [0.1, 0.15) is 0 Å². The summed E-state index contributed by atoms with van der Waals surface area (Å²) in [4.78, 5) is 19.1. The number of carbonyl (C=O) groups is 2. The van der Waals surface area contributed by atoms with Gasteiger partial charge in [-0.2, -0.15) is 0 Å². The lowest BCUT2D eigenvalue weighted by Crippen LogP contribution is -2.04. The number of carboxylic acid groups (broad SMARTS) is 1. The molecule has 0 aromatic carbocycles. The highest BCUT2D eigenvalue weighted by atomic mass is 31.1. The number of aliphatic carboxylic acids is 1. The second-order valence-electron chi connectivity index (χ2n) is 0.867. The Hall–Kier alpha value is -0.960. The van der Waals surface area contributed by atoms with Crippen LogP contribution in [-0.2, 0) is 18.7 Å². The summed E-state index contributed by atoms with van der Waals surface area (Å²) in [6, 6.07) is 0. The summed E-state index contributed by atoms with van der Waals surface area (Å²) in [5.74, 6) is -1.94. The van der Waals surface area contributed by atoms with Gasteiger partial charge in [-0.1, -0.05) is 0 Å². The summed E-state index contributed by atoms with van der Waals surface area (Å²) in [6.45, 7) is 0. The van der Waals surface area contributed by atoms with Gasteiger partial charge < -0.3 is 5.11 Å². The fourth-order valence-corrected chi connectivity index (χ4v) is 0.234. The second-order valence-corrected chi connectivity index (χ2v) is 1.79. The zero-order chi connectivity index (χ0) is 6.73. The van der Waals surface area contributed by atoms with Crippen LogP contribution in [-0.4, -0.2) is 16.6 Å². The lowest BCUT2D eigenvalue weighted by molar-refractivity contribution is -0.145. The van der Waals surface area contributed by atoms with E-state index < -0.39 is 19.2 Å². The summed E-state index contributed by atoms with van der Waals surface area (Å²) >= 11 is 0. The second kappa shape index (κ2) is 2.37. The number of hydrogen-bond acceptors (Lipinski definition) is 4. The Kier molecular flexibility index (Phi) is 2.09. The van der Waals surface area contributed by atoms with Crippen LogP contribution in [0.2, 0.25) is 0 Å². The minimum absolute atomic E-state index is 1.78. The van der Waals surface area contributed by atoms with E-state index in [-0.39, 0.29) is 0 Å². The Bertz CT molecular complexity index is 181. The summed E-state index contributed by atoms with van der Waals surface area (Å²) in [5, 5.41) is 7.62. The molecular formula is C2HO5P. The largest absolute Gasteiger partial charge is 0.475 e. The Morgan fingerprint density at radius 2 is 1.62 bits per heavy atom. The number of carbonyl (C=O) groups excluding carboxylic acids is 1. The molecule has 8 heavy (non-hydrogen) atoms. The first-order chi connectivity index (χ1) is 3.55. The first-order valence-corrected chi connectivity index (χ1v) is 2.65. The Morgan fingerprint density at radius 1 is 1.25 bits per heavy atom. The van der Waals surface area contributed by atoms with Crippen LogP contribution in [0.4, 0.5) is 0 Å². The maximum atomic E-state index is 9.65. The predicted molar refractivity (Wildman–Crippen MR) is 20.9 cm³/mol. The van der Waals surface area contributed by atoms with Crippen molar-refractivity contribution >= 4 is 19.2 Å². The van der Waals surface area contributed by atoms with Crippen LogP contribution in [0.25, 0.3) is 0 Å². The van der Waals surface area contributed by atoms with E-state index >= 15 is 0 Å². The third-order valence-electron chi connectivity index (χ3n) is 0.349. The van der Waals surface area contributed by atoms with Crippen LogP contribution in [0, 0.1) is 0 Å². The van der Waals surface area contributed by atoms with Gasteiger partial charge >= 0.3 is 19.2 Å². The molecule has 0 radical (unpaired) electrons. The van der Waals surface area contributed by atoms with Gasteiger partial charge in [0.15, 0.2) is 0 Å². The van der Waals surface area contributed by atoms with Crippen LogP contribution >= 0.6 is 7.68 Å². The summed E-state index contributed by atoms with van der Waals surface area (Å²) in [5.41, 5.74) is -1.78. The van der Waals surface area contributed by atoms with E-state index in [2.05, 4.69) is 0 Å². The fourth-order valence-electron chi connectivity index (χ4n) is 0.0781. The van der Waals surface area contributed by atoms with Crippen molar-refractivity contribution in [3.63, 3.8) is 0 Å². The first kappa shape index (κ1) is 7.04. The maximum absolute atomic E-state index is 9.65. The highest BCUT2D eigenvalue weighted by molar-refractivity contribution is 7.55. The summed E-state index contributed by atoms with van der Waals surface area (Å²) in [6.07, 6.45) is 0. The number of hydrogen-bond donors (Lipinski definition) is 1. The van der Waals surface area contributed by atoms with Gasteiger partial charge in [0, 0.05) is 0 Å². The molecule has 0 heterocycles. The smallest absolute Gasteiger partial charge is 0.397 e. The Morgan fingerprint density at radius 3 is 1.62 bits per heavy atom. The third kappa shape index (κ3) is 1.66. The molecule has 0 spiro atoms. The van der Waals surface area contributed by atoms with Crippen molar-refractivity contribution in [3.05, 3.63) is 0 Å². The molecule has 0 fully saturated rings. The van der Waals surface area contributed by atoms with E-state index in [9.17, 15) is 18.7 Å². The van der Waals surface area contributed by atoms with Crippen molar-refractivity contribution in [2.45, 2.75) is 0 Å². The normalized spacial score (nSPS) is 8.00. The molecule has 44 valence electrons. The molecule has 0 bridgehead atoms. The zero-order valence-corrected chi connectivity index (χ0v) is 4.42. The molecule has 1 N–H and O–H groups in total. The molecule has 0 amide bonds. The zero-order valence-electron chi connectivity index (χ0n) is 3.53. The van der Waals surface area contributed by atoms with Gasteiger partial charge in [-0.15, -0.1) is 0 Å². The number of rotatable bonds is 2. The Labute approximate surface area is 44.1 Å². The minimum Gasteiger partial charge on any atom is -0.475 e. The van der Waals surface area contributed by atoms with E-state index in [1.807, 2.05) is 0 Å².